The minimum Gasteiger partial charge on any atom is -0.480 e. The zero-order valence-corrected chi connectivity index (χ0v) is 7.73. The second kappa shape index (κ2) is 4.24. The Balaban J connectivity index is 2.52. The Hall–Kier alpha value is -1.08. The number of carboxylic acid groups (broad SMARTS) is 1. The molecule has 0 saturated carbocycles. The third-order valence-electron chi connectivity index (χ3n) is 2.54. The largest absolute Gasteiger partial charge is 0.480 e. The molecule has 0 aromatic heterocycles. The van der Waals surface area contributed by atoms with Crippen LogP contribution < -0.4 is 0 Å². The Bertz CT molecular complexity index is 234. The number of aliphatic carboxylic acids is 1. The van der Waals surface area contributed by atoms with Gasteiger partial charge in [-0.15, -0.1) is 0 Å². The summed E-state index contributed by atoms with van der Waals surface area (Å²) in [5.74, 6) is -0.797. The van der Waals surface area contributed by atoms with Crippen molar-refractivity contribution in [2.75, 3.05) is 13.1 Å². The molecule has 0 radical (unpaired) electrons. The lowest BCUT2D eigenvalue weighted by atomic mass is 9.98. The van der Waals surface area contributed by atoms with Crippen molar-refractivity contribution in [3.8, 4) is 6.07 Å². The van der Waals surface area contributed by atoms with Crippen LogP contribution in [0.15, 0.2) is 0 Å². The Morgan fingerprint density at radius 2 is 2.46 bits per heavy atom. The second-order valence-electron chi connectivity index (χ2n) is 3.48. The maximum absolute atomic E-state index is 10.7. The predicted molar refractivity (Wildman–Crippen MR) is 47.0 cm³/mol. The number of hydrogen-bond donors (Lipinski definition) is 1. The highest BCUT2D eigenvalue weighted by Gasteiger charge is 2.26. The number of rotatable bonds is 2. The fourth-order valence-electron chi connectivity index (χ4n) is 1.62. The molecule has 0 aromatic carbocycles. The molecule has 0 amide bonds. The molecule has 4 nitrogen and oxygen atoms in total. The van der Waals surface area contributed by atoms with E-state index in [-0.39, 0.29) is 5.92 Å². The van der Waals surface area contributed by atoms with Gasteiger partial charge in [-0.05, 0) is 26.3 Å². The average molecular weight is 182 g/mol. The highest BCUT2D eigenvalue weighted by Crippen LogP contribution is 2.17. The van der Waals surface area contributed by atoms with Crippen LogP contribution in [0.2, 0.25) is 0 Å². The van der Waals surface area contributed by atoms with E-state index >= 15 is 0 Å². The summed E-state index contributed by atoms with van der Waals surface area (Å²) in [5, 5.41) is 17.5. The lowest BCUT2D eigenvalue weighted by molar-refractivity contribution is -0.143. The van der Waals surface area contributed by atoms with Crippen molar-refractivity contribution in [3.05, 3.63) is 0 Å². The highest BCUT2D eigenvalue weighted by molar-refractivity contribution is 5.72. The SMILES string of the molecule is CC(C(=O)O)N1CCCC(C#N)C1. The van der Waals surface area contributed by atoms with Gasteiger partial charge in [-0.25, -0.2) is 0 Å². The van der Waals surface area contributed by atoms with Crippen LogP contribution in [0.25, 0.3) is 0 Å². The summed E-state index contributed by atoms with van der Waals surface area (Å²) in [4.78, 5) is 12.5. The summed E-state index contributed by atoms with van der Waals surface area (Å²) in [6.45, 7) is 3.07. The second-order valence-corrected chi connectivity index (χ2v) is 3.48. The minimum absolute atomic E-state index is 0.00977. The number of carbonyl (C=O) groups is 1. The van der Waals surface area contributed by atoms with E-state index in [1.54, 1.807) is 6.92 Å². The van der Waals surface area contributed by atoms with Gasteiger partial charge in [-0.1, -0.05) is 0 Å². The molecule has 1 N–H and O–H groups in total. The molecule has 1 rings (SSSR count). The van der Waals surface area contributed by atoms with Crippen molar-refractivity contribution in [2.45, 2.75) is 25.8 Å². The summed E-state index contributed by atoms with van der Waals surface area (Å²) in [5.41, 5.74) is 0. The van der Waals surface area contributed by atoms with Gasteiger partial charge in [-0.2, -0.15) is 5.26 Å². The molecule has 13 heavy (non-hydrogen) atoms. The van der Waals surface area contributed by atoms with Gasteiger partial charge in [0.25, 0.3) is 0 Å². The summed E-state index contributed by atoms with van der Waals surface area (Å²) in [6.07, 6.45) is 1.83. The van der Waals surface area contributed by atoms with Gasteiger partial charge in [0.1, 0.15) is 6.04 Å². The molecular formula is C9H14N2O2. The molecule has 2 unspecified atom stereocenters. The first-order valence-electron chi connectivity index (χ1n) is 4.51. The first-order chi connectivity index (χ1) is 6.15. The van der Waals surface area contributed by atoms with E-state index < -0.39 is 12.0 Å². The molecule has 0 spiro atoms. The van der Waals surface area contributed by atoms with Gasteiger partial charge in [0, 0.05) is 6.54 Å². The van der Waals surface area contributed by atoms with Crippen LogP contribution in [0, 0.1) is 17.2 Å². The van der Waals surface area contributed by atoms with Crippen LogP contribution in [0.4, 0.5) is 0 Å². The van der Waals surface area contributed by atoms with Gasteiger partial charge >= 0.3 is 5.97 Å². The lowest BCUT2D eigenvalue weighted by Crippen LogP contribution is -2.44. The van der Waals surface area contributed by atoms with Crippen molar-refractivity contribution >= 4 is 5.97 Å². The van der Waals surface area contributed by atoms with E-state index in [0.717, 1.165) is 19.4 Å². The van der Waals surface area contributed by atoms with Crippen molar-refractivity contribution in [3.63, 3.8) is 0 Å². The van der Waals surface area contributed by atoms with Crippen LogP contribution in [0.5, 0.6) is 0 Å². The number of nitrogens with zero attached hydrogens (tertiary/aromatic N) is 2. The smallest absolute Gasteiger partial charge is 0.320 e. The molecule has 0 aliphatic carbocycles. The first kappa shape index (κ1) is 10.0. The Morgan fingerprint density at radius 3 is 3.00 bits per heavy atom. The standard InChI is InChI=1S/C9H14N2O2/c1-7(9(12)13)11-4-2-3-8(5-10)6-11/h7-8H,2-4,6H2,1H3,(H,12,13). The number of piperidine rings is 1. The van der Waals surface area contributed by atoms with Gasteiger partial charge < -0.3 is 5.11 Å². The van der Waals surface area contributed by atoms with E-state index in [2.05, 4.69) is 6.07 Å². The van der Waals surface area contributed by atoms with Crippen molar-refractivity contribution in [1.29, 1.82) is 5.26 Å². The lowest BCUT2D eigenvalue weighted by Gasteiger charge is -2.32. The van der Waals surface area contributed by atoms with Gasteiger partial charge in [0.15, 0.2) is 0 Å². The van der Waals surface area contributed by atoms with Gasteiger partial charge in [-0.3, -0.25) is 9.69 Å². The van der Waals surface area contributed by atoms with Crippen LogP contribution in [-0.4, -0.2) is 35.1 Å². The molecule has 1 saturated heterocycles. The Kier molecular flexibility index (Phi) is 3.26. The third-order valence-corrected chi connectivity index (χ3v) is 2.54. The van der Waals surface area contributed by atoms with E-state index in [1.807, 2.05) is 4.90 Å². The normalized spacial score (nSPS) is 26.3. The zero-order valence-electron chi connectivity index (χ0n) is 7.73. The van der Waals surface area contributed by atoms with Gasteiger partial charge in [0.2, 0.25) is 0 Å². The van der Waals surface area contributed by atoms with E-state index in [9.17, 15) is 4.79 Å². The molecule has 2 atom stereocenters. The molecule has 72 valence electrons. The summed E-state index contributed by atoms with van der Waals surface area (Å²) in [7, 11) is 0. The Labute approximate surface area is 77.8 Å². The number of hydrogen-bond acceptors (Lipinski definition) is 3. The molecule has 0 bridgehead atoms. The van der Waals surface area contributed by atoms with Crippen molar-refractivity contribution in [2.24, 2.45) is 5.92 Å². The molecule has 4 heteroatoms. The monoisotopic (exact) mass is 182 g/mol. The van der Waals surface area contributed by atoms with Crippen molar-refractivity contribution in [1.82, 2.24) is 4.90 Å². The maximum Gasteiger partial charge on any atom is 0.320 e. The highest BCUT2D eigenvalue weighted by atomic mass is 16.4. The van der Waals surface area contributed by atoms with E-state index in [0.29, 0.717) is 6.54 Å². The fraction of sp³-hybridized carbons (Fsp3) is 0.778. The molecule has 1 fully saturated rings. The number of carboxylic acids is 1. The summed E-state index contributed by atoms with van der Waals surface area (Å²) >= 11 is 0. The number of nitriles is 1. The van der Waals surface area contributed by atoms with Crippen LogP contribution in [0.1, 0.15) is 19.8 Å². The third kappa shape index (κ3) is 2.43. The minimum atomic E-state index is -0.807. The molecule has 1 aliphatic rings. The van der Waals surface area contributed by atoms with E-state index in [1.165, 1.54) is 0 Å². The predicted octanol–water partition coefficient (Wildman–Crippen LogP) is 0.695. The first-order valence-corrected chi connectivity index (χ1v) is 4.51. The van der Waals surface area contributed by atoms with Crippen LogP contribution >= 0.6 is 0 Å². The van der Waals surface area contributed by atoms with Crippen molar-refractivity contribution < 1.29 is 9.90 Å². The van der Waals surface area contributed by atoms with Crippen LogP contribution in [0.3, 0.4) is 0 Å². The molecule has 0 aromatic rings. The summed E-state index contributed by atoms with van der Waals surface area (Å²) < 4.78 is 0. The summed E-state index contributed by atoms with van der Waals surface area (Å²) in [6, 6.07) is 1.73. The molecule has 1 aliphatic heterocycles. The molecular weight excluding hydrogens is 168 g/mol. The Morgan fingerprint density at radius 1 is 1.77 bits per heavy atom. The average Bonchev–Trinajstić information content (AvgIpc) is 2.16. The zero-order chi connectivity index (χ0) is 9.84. The molecule has 1 heterocycles. The van der Waals surface area contributed by atoms with Gasteiger partial charge in [0.05, 0.1) is 12.0 Å². The topological polar surface area (TPSA) is 64.3 Å². The van der Waals surface area contributed by atoms with E-state index in [4.69, 9.17) is 10.4 Å². The number of likely N-dealkylation sites (tertiary alicyclic amines) is 1. The quantitative estimate of drug-likeness (QED) is 0.682. The van der Waals surface area contributed by atoms with Crippen LogP contribution in [-0.2, 0) is 4.79 Å². The fourth-order valence-corrected chi connectivity index (χ4v) is 1.62. The maximum atomic E-state index is 10.7.